The highest BCUT2D eigenvalue weighted by Crippen LogP contribution is 2.35. The number of hydrogen-bond donors (Lipinski definition) is 1. The number of benzene rings is 1. The minimum absolute atomic E-state index is 0.241. The van der Waals surface area contributed by atoms with Crippen LogP contribution in [0.15, 0.2) is 18.2 Å². The first-order chi connectivity index (χ1) is 6.68. The lowest BCUT2D eigenvalue weighted by Crippen LogP contribution is -2.07. The van der Waals surface area contributed by atoms with Crippen LogP contribution in [0.4, 0.5) is 0 Å². The van der Waals surface area contributed by atoms with Crippen molar-refractivity contribution in [2.75, 3.05) is 6.79 Å². The predicted octanol–water partition coefficient (Wildman–Crippen LogP) is 2.08. The van der Waals surface area contributed by atoms with Gasteiger partial charge in [0, 0.05) is 0 Å². The van der Waals surface area contributed by atoms with E-state index in [1.165, 1.54) is 0 Å². The smallest absolute Gasteiger partial charge is 0.231 e. The third kappa shape index (κ3) is 1.65. The molecule has 76 valence electrons. The molecule has 0 bridgehead atoms. The van der Waals surface area contributed by atoms with Crippen molar-refractivity contribution in [2.24, 2.45) is 0 Å². The summed E-state index contributed by atoms with van der Waals surface area (Å²) >= 11 is 5.79. The second-order valence-electron chi connectivity index (χ2n) is 3.24. The highest BCUT2D eigenvalue weighted by atomic mass is 35.5. The zero-order valence-corrected chi connectivity index (χ0v) is 8.49. The van der Waals surface area contributed by atoms with Crippen molar-refractivity contribution in [2.45, 2.75) is 18.4 Å². The highest BCUT2D eigenvalue weighted by molar-refractivity contribution is 6.20. The fraction of sp³-hybridized carbons (Fsp3) is 0.400. The first kappa shape index (κ1) is 9.62. The molecule has 0 spiro atoms. The quantitative estimate of drug-likeness (QED) is 0.767. The predicted molar refractivity (Wildman–Crippen MR) is 52.8 cm³/mol. The van der Waals surface area contributed by atoms with Crippen molar-refractivity contribution >= 4 is 11.6 Å². The third-order valence-corrected chi connectivity index (χ3v) is 2.41. The maximum absolute atomic E-state index is 9.70. The van der Waals surface area contributed by atoms with Gasteiger partial charge in [0.05, 0.1) is 11.5 Å². The molecule has 1 aliphatic heterocycles. The van der Waals surface area contributed by atoms with Gasteiger partial charge in [-0.2, -0.15) is 0 Å². The molecule has 3 nitrogen and oxygen atoms in total. The maximum atomic E-state index is 9.70. The van der Waals surface area contributed by atoms with E-state index in [0.717, 1.165) is 5.56 Å². The van der Waals surface area contributed by atoms with E-state index in [1.807, 2.05) is 0 Å². The van der Waals surface area contributed by atoms with E-state index >= 15 is 0 Å². The van der Waals surface area contributed by atoms with E-state index in [9.17, 15) is 5.11 Å². The Morgan fingerprint density at radius 1 is 1.36 bits per heavy atom. The van der Waals surface area contributed by atoms with Crippen molar-refractivity contribution in [3.63, 3.8) is 0 Å². The van der Waals surface area contributed by atoms with Crippen LogP contribution in [0.25, 0.3) is 0 Å². The Labute approximate surface area is 87.2 Å². The van der Waals surface area contributed by atoms with Gasteiger partial charge in [-0.15, -0.1) is 11.6 Å². The third-order valence-electron chi connectivity index (χ3n) is 2.17. The Bertz CT molecular complexity index is 338. The first-order valence-corrected chi connectivity index (χ1v) is 4.84. The zero-order chi connectivity index (χ0) is 10.1. The average Bonchev–Trinajstić information content (AvgIpc) is 2.62. The van der Waals surface area contributed by atoms with Crippen molar-refractivity contribution < 1.29 is 14.6 Å². The van der Waals surface area contributed by atoms with Crippen LogP contribution >= 0.6 is 11.6 Å². The standard InChI is InChI=1S/C10H11ClO3/c1-6(11)10(12)7-2-3-8-9(4-7)14-5-13-8/h2-4,6,10,12H,5H2,1H3. The fourth-order valence-electron chi connectivity index (χ4n) is 1.36. The van der Waals surface area contributed by atoms with E-state index in [0.29, 0.717) is 11.5 Å². The second-order valence-corrected chi connectivity index (χ2v) is 3.92. The lowest BCUT2D eigenvalue weighted by Gasteiger charge is -2.13. The van der Waals surface area contributed by atoms with Crippen LogP contribution in [0.3, 0.4) is 0 Å². The SMILES string of the molecule is CC(Cl)C(O)c1ccc2c(c1)OCO2. The number of hydrogen-bond acceptors (Lipinski definition) is 3. The van der Waals surface area contributed by atoms with Crippen LogP contribution in [0.5, 0.6) is 11.5 Å². The van der Waals surface area contributed by atoms with Crippen LogP contribution in [0, 0.1) is 0 Å². The molecule has 0 aromatic heterocycles. The summed E-state index contributed by atoms with van der Waals surface area (Å²) in [6.07, 6.45) is -0.675. The summed E-state index contributed by atoms with van der Waals surface area (Å²) in [6, 6.07) is 5.32. The van der Waals surface area contributed by atoms with E-state index in [2.05, 4.69) is 0 Å². The van der Waals surface area contributed by atoms with Crippen LogP contribution in [-0.4, -0.2) is 17.3 Å². The summed E-state index contributed by atoms with van der Waals surface area (Å²) in [6.45, 7) is 1.99. The molecule has 1 heterocycles. The molecule has 1 N–H and O–H groups in total. The fourth-order valence-corrected chi connectivity index (χ4v) is 1.51. The zero-order valence-electron chi connectivity index (χ0n) is 7.74. The van der Waals surface area contributed by atoms with Crippen LogP contribution in [-0.2, 0) is 0 Å². The summed E-state index contributed by atoms with van der Waals surface area (Å²) in [5.41, 5.74) is 0.747. The molecule has 0 aliphatic carbocycles. The van der Waals surface area contributed by atoms with E-state index in [-0.39, 0.29) is 12.2 Å². The van der Waals surface area contributed by atoms with E-state index in [1.54, 1.807) is 25.1 Å². The monoisotopic (exact) mass is 214 g/mol. The average molecular weight is 215 g/mol. The number of ether oxygens (including phenoxy) is 2. The van der Waals surface area contributed by atoms with E-state index < -0.39 is 6.10 Å². The first-order valence-electron chi connectivity index (χ1n) is 4.40. The molecule has 14 heavy (non-hydrogen) atoms. The maximum Gasteiger partial charge on any atom is 0.231 e. The number of aliphatic hydroxyl groups is 1. The molecule has 1 aromatic rings. The van der Waals surface area contributed by atoms with Gasteiger partial charge in [0.2, 0.25) is 6.79 Å². The Hall–Kier alpha value is -0.930. The Morgan fingerprint density at radius 3 is 2.79 bits per heavy atom. The molecule has 2 atom stereocenters. The number of halogens is 1. The summed E-state index contributed by atoms with van der Waals surface area (Å²) < 4.78 is 10.3. The van der Waals surface area contributed by atoms with Crippen molar-refractivity contribution in [1.82, 2.24) is 0 Å². The summed E-state index contributed by atoms with van der Waals surface area (Å²) in [5, 5.41) is 9.38. The lowest BCUT2D eigenvalue weighted by molar-refractivity contribution is 0.171. The van der Waals surface area contributed by atoms with Crippen LogP contribution < -0.4 is 9.47 Å². The molecule has 0 saturated carbocycles. The van der Waals surface area contributed by atoms with Crippen LogP contribution in [0.2, 0.25) is 0 Å². The molecule has 0 saturated heterocycles. The molecular formula is C10H11ClO3. The van der Waals surface area contributed by atoms with Gasteiger partial charge in [0.1, 0.15) is 0 Å². The summed E-state index contributed by atoms with van der Waals surface area (Å²) in [4.78, 5) is 0. The van der Waals surface area contributed by atoms with Gasteiger partial charge in [-0.3, -0.25) is 0 Å². The lowest BCUT2D eigenvalue weighted by atomic mass is 10.1. The highest BCUT2D eigenvalue weighted by Gasteiger charge is 2.18. The molecule has 0 amide bonds. The van der Waals surface area contributed by atoms with Crippen molar-refractivity contribution in [1.29, 1.82) is 0 Å². The van der Waals surface area contributed by atoms with Crippen molar-refractivity contribution in [3.05, 3.63) is 23.8 Å². The van der Waals surface area contributed by atoms with Crippen LogP contribution in [0.1, 0.15) is 18.6 Å². The molecule has 0 fully saturated rings. The number of rotatable bonds is 2. The molecule has 0 radical (unpaired) electrons. The Morgan fingerprint density at radius 2 is 2.07 bits per heavy atom. The number of aliphatic hydroxyl groups excluding tert-OH is 1. The number of alkyl halides is 1. The molecule has 2 unspecified atom stereocenters. The largest absolute Gasteiger partial charge is 0.454 e. The van der Waals surface area contributed by atoms with Gasteiger partial charge in [0.25, 0.3) is 0 Å². The second kappa shape index (κ2) is 3.67. The van der Waals surface area contributed by atoms with Gasteiger partial charge >= 0.3 is 0 Å². The molecule has 2 rings (SSSR count). The van der Waals surface area contributed by atoms with Gasteiger partial charge in [0.15, 0.2) is 11.5 Å². The molecule has 1 aliphatic rings. The molecule has 4 heteroatoms. The Kier molecular flexibility index (Phi) is 2.52. The van der Waals surface area contributed by atoms with Crippen molar-refractivity contribution in [3.8, 4) is 11.5 Å². The van der Waals surface area contributed by atoms with Gasteiger partial charge in [-0.1, -0.05) is 6.07 Å². The summed E-state index contributed by atoms with van der Waals surface area (Å²) in [7, 11) is 0. The normalized spacial score (nSPS) is 17.9. The molecule has 1 aromatic carbocycles. The van der Waals surface area contributed by atoms with Gasteiger partial charge in [-0.25, -0.2) is 0 Å². The summed E-state index contributed by atoms with van der Waals surface area (Å²) in [5.74, 6) is 1.38. The minimum Gasteiger partial charge on any atom is -0.454 e. The minimum atomic E-state index is -0.675. The van der Waals surface area contributed by atoms with Gasteiger partial charge in [-0.05, 0) is 24.6 Å². The van der Waals surface area contributed by atoms with E-state index in [4.69, 9.17) is 21.1 Å². The number of fused-ring (bicyclic) bond motifs is 1. The van der Waals surface area contributed by atoms with Gasteiger partial charge < -0.3 is 14.6 Å². The Balaban J connectivity index is 2.28. The molecular weight excluding hydrogens is 204 g/mol. The topological polar surface area (TPSA) is 38.7 Å².